The largest absolute Gasteiger partial charge is 0.456 e. The Labute approximate surface area is 353 Å². The molecule has 0 saturated heterocycles. The van der Waals surface area contributed by atoms with Crippen molar-refractivity contribution >= 4 is 82.1 Å². The van der Waals surface area contributed by atoms with Crippen LogP contribution in [-0.4, -0.2) is 0 Å². The number of anilines is 3. The fraction of sp³-hybridized carbons (Fsp3) is 0. The van der Waals surface area contributed by atoms with E-state index in [0.29, 0.717) is 5.56 Å². The van der Waals surface area contributed by atoms with E-state index in [9.17, 15) is 5.48 Å². The Morgan fingerprint density at radius 3 is 1.23 bits per heavy atom. The second-order valence-electron chi connectivity index (χ2n) is 15.5. The third-order valence-electron chi connectivity index (χ3n) is 11.8. The molecule has 0 spiro atoms. The standard InChI is InChI=1S/C58H37NO/c1-3-9-38(10-4-1)43-15-18-48-32-53(27-23-46(48)29-43)59(54-28-24-47-30-44(16-19-49(47)33-54)39-11-5-2-6-12-39)52-25-21-40(22-26-52)45-17-20-50-37-58-56(35-51(50)31-45)55-34-41-13-7-8-14-42(41)36-57(55)60-58/h1-37H/i21D,22D,25D,26D. The van der Waals surface area contributed by atoms with Gasteiger partial charge in [0.2, 0.25) is 0 Å². The first kappa shape index (κ1) is 30.2. The van der Waals surface area contributed by atoms with Gasteiger partial charge in [-0.2, -0.15) is 0 Å². The van der Waals surface area contributed by atoms with E-state index in [1.54, 1.807) is 0 Å². The zero-order valence-corrected chi connectivity index (χ0v) is 32.4. The Morgan fingerprint density at radius 1 is 0.283 bits per heavy atom. The van der Waals surface area contributed by atoms with Crippen molar-refractivity contribution in [3.8, 4) is 33.4 Å². The van der Waals surface area contributed by atoms with Gasteiger partial charge >= 0.3 is 0 Å². The lowest BCUT2D eigenvalue weighted by atomic mass is 9.98. The van der Waals surface area contributed by atoms with Crippen LogP contribution in [0.25, 0.3) is 98.4 Å². The highest BCUT2D eigenvalue weighted by molar-refractivity contribution is 6.13. The van der Waals surface area contributed by atoms with E-state index in [1.807, 2.05) is 89.8 Å². The summed E-state index contributed by atoms with van der Waals surface area (Å²) in [6.45, 7) is 0. The smallest absolute Gasteiger partial charge is 0.136 e. The van der Waals surface area contributed by atoms with Gasteiger partial charge in [-0.3, -0.25) is 0 Å². The predicted molar refractivity (Wildman–Crippen MR) is 255 cm³/mol. The van der Waals surface area contributed by atoms with Gasteiger partial charge in [-0.25, -0.2) is 0 Å². The lowest BCUT2D eigenvalue weighted by Gasteiger charge is -2.26. The van der Waals surface area contributed by atoms with Crippen LogP contribution in [0.2, 0.25) is 0 Å². The lowest BCUT2D eigenvalue weighted by Crippen LogP contribution is -2.10. The van der Waals surface area contributed by atoms with Crippen molar-refractivity contribution in [1.29, 1.82) is 0 Å². The van der Waals surface area contributed by atoms with Crippen molar-refractivity contribution in [2.45, 2.75) is 0 Å². The van der Waals surface area contributed by atoms with Crippen LogP contribution in [0.3, 0.4) is 0 Å². The van der Waals surface area contributed by atoms with E-state index in [2.05, 4.69) is 115 Å². The number of furan rings is 1. The van der Waals surface area contributed by atoms with Crippen molar-refractivity contribution in [3.05, 3.63) is 224 Å². The van der Waals surface area contributed by atoms with Crippen LogP contribution in [0.1, 0.15) is 5.48 Å². The van der Waals surface area contributed by atoms with Gasteiger partial charge in [-0.05, 0) is 155 Å². The monoisotopic (exact) mass is 767 g/mol. The fourth-order valence-corrected chi connectivity index (χ4v) is 8.69. The van der Waals surface area contributed by atoms with E-state index in [-0.39, 0.29) is 35.4 Å². The average Bonchev–Trinajstić information content (AvgIpc) is 3.68. The Balaban J connectivity index is 1.01. The maximum absolute atomic E-state index is 9.69. The van der Waals surface area contributed by atoms with E-state index in [1.165, 1.54) is 0 Å². The molecule has 2 heteroatoms. The molecule has 11 aromatic carbocycles. The molecule has 0 fully saturated rings. The molecule has 1 heterocycles. The van der Waals surface area contributed by atoms with Gasteiger partial charge in [0.25, 0.3) is 0 Å². The molecule has 12 rings (SSSR count). The molecule has 0 N–H and O–H groups in total. The van der Waals surface area contributed by atoms with Crippen molar-refractivity contribution in [3.63, 3.8) is 0 Å². The van der Waals surface area contributed by atoms with E-state index >= 15 is 0 Å². The summed E-state index contributed by atoms with van der Waals surface area (Å²) in [7, 11) is 0. The molecule has 0 atom stereocenters. The van der Waals surface area contributed by atoms with Gasteiger partial charge in [0.1, 0.15) is 11.2 Å². The molecule has 0 aliphatic carbocycles. The third kappa shape index (κ3) is 5.97. The molecular weight excluding hydrogens is 727 g/mol. The number of benzene rings is 11. The average molecular weight is 768 g/mol. The summed E-state index contributed by atoms with van der Waals surface area (Å²) in [6, 6.07) is 67.6. The molecule has 60 heavy (non-hydrogen) atoms. The topological polar surface area (TPSA) is 16.4 Å². The van der Waals surface area contributed by atoms with Crippen LogP contribution in [0.15, 0.2) is 229 Å². The van der Waals surface area contributed by atoms with Crippen LogP contribution >= 0.6 is 0 Å². The van der Waals surface area contributed by atoms with Crippen molar-refractivity contribution in [2.24, 2.45) is 0 Å². The third-order valence-corrected chi connectivity index (χ3v) is 11.8. The van der Waals surface area contributed by atoms with Crippen LogP contribution in [0.4, 0.5) is 17.1 Å². The molecule has 0 aliphatic heterocycles. The van der Waals surface area contributed by atoms with Gasteiger partial charge in [0, 0.05) is 27.8 Å². The van der Waals surface area contributed by atoms with Crippen molar-refractivity contribution in [2.75, 3.05) is 4.90 Å². The molecule has 0 amide bonds. The van der Waals surface area contributed by atoms with Crippen LogP contribution in [0, 0.1) is 0 Å². The highest BCUT2D eigenvalue weighted by atomic mass is 16.3. The number of hydrogen-bond acceptors (Lipinski definition) is 2. The molecule has 12 aromatic rings. The van der Waals surface area contributed by atoms with E-state index in [4.69, 9.17) is 4.42 Å². The molecule has 0 aliphatic rings. The minimum Gasteiger partial charge on any atom is -0.456 e. The summed E-state index contributed by atoms with van der Waals surface area (Å²) in [5.41, 5.74) is 8.59. The quantitative estimate of drug-likeness (QED) is 0.168. The van der Waals surface area contributed by atoms with Gasteiger partial charge < -0.3 is 9.32 Å². The first-order valence-electron chi connectivity index (χ1n) is 22.2. The van der Waals surface area contributed by atoms with Crippen molar-refractivity contribution in [1.82, 2.24) is 0 Å². The number of rotatable bonds is 6. The second kappa shape index (κ2) is 13.9. The first-order chi connectivity index (χ1) is 31.3. The minimum atomic E-state index is -0.127. The van der Waals surface area contributed by atoms with Crippen LogP contribution in [0.5, 0.6) is 0 Å². The molecule has 280 valence electrons. The zero-order valence-electron chi connectivity index (χ0n) is 36.4. The van der Waals surface area contributed by atoms with E-state index < -0.39 is 0 Å². The molecule has 2 nitrogen and oxygen atoms in total. The molecule has 1 aromatic heterocycles. The maximum atomic E-state index is 9.69. The molecule has 0 saturated carbocycles. The predicted octanol–water partition coefficient (Wildman–Crippen LogP) is 16.7. The Bertz CT molecular complexity index is 3690. The van der Waals surface area contributed by atoms with Crippen molar-refractivity contribution < 1.29 is 9.90 Å². The summed E-state index contributed by atoms with van der Waals surface area (Å²) in [5, 5.41) is 10.2. The number of hydrogen-bond donors (Lipinski definition) is 0. The SMILES string of the molecule is [2H]c1c([2H])c(N(c2ccc3cc(-c4ccccc4)ccc3c2)c2ccc3cc(-c4ccccc4)ccc3c2)c([2H])c([2H])c1-c1ccc2cc3oc4cc5ccccc5cc4c3cc2c1. The number of fused-ring (bicyclic) bond motifs is 7. The van der Waals surface area contributed by atoms with Gasteiger partial charge in [0.15, 0.2) is 0 Å². The Hall–Kier alpha value is -7.94. The molecule has 0 bridgehead atoms. The highest BCUT2D eigenvalue weighted by Gasteiger charge is 2.16. The number of nitrogens with zero attached hydrogens (tertiary/aromatic N) is 1. The summed E-state index contributed by atoms with van der Waals surface area (Å²) in [4.78, 5) is 1.88. The van der Waals surface area contributed by atoms with Gasteiger partial charge in [0.05, 0.1) is 5.48 Å². The first-order valence-corrected chi connectivity index (χ1v) is 20.2. The lowest BCUT2D eigenvalue weighted by molar-refractivity contribution is 0.670. The van der Waals surface area contributed by atoms with Crippen LogP contribution in [-0.2, 0) is 0 Å². The summed E-state index contributed by atoms with van der Waals surface area (Å²) in [5.74, 6) is 0. The zero-order chi connectivity index (χ0) is 43.1. The maximum Gasteiger partial charge on any atom is 0.136 e. The van der Waals surface area contributed by atoms with E-state index in [0.717, 1.165) is 98.7 Å². The molecule has 0 unspecified atom stereocenters. The highest BCUT2D eigenvalue weighted by Crippen LogP contribution is 2.41. The Morgan fingerprint density at radius 2 is 0.683 bits per heavy atom. The molecule has 0 radical (unpaired) electrons. The summed E-state index contributed by atoms with van der Waals surface area (Å²) < 4.78 is 44.9. The Kier molecular flexibility index (Phi) is 6.98. The minimum absolute atomic E-state index is 0.108. The summed E-state index contributed by atoms with van der Waals surface area (Å²) in [6.07, 6.45) is 0. The van der Waals surface area contributed by atoms with Gasteiger partial charge in [-0.1, -0.05) is 146 Å². The molecular formula is C58H37NO. The normalized spacial score (nSPS) is 12.6. The van der Waals surface area contributed by atoms with Gasteiger partial charge in [-0.15, -0.1) is 0 Å². The second-order valence-corrected chi connectivity index (χ2v) is 15.5. The summed E-state index contributed by atoms with van der Waals surface area (Å²) >= 11 is 0. The fourth-order valence-electron chi connectivity index (χ4n) is 8.69. The van der Waals surface area contributed by atoms with Crippen LogP contribution < -0.4 is 4.90 Å².